The predicted octanol–water partition coefficient (Wildman–Crippen LogP) is 3.03. The number of ether oxygens (including phenoxy) is 5. The molecule has 45 heavy (non-hydrogen) atoms. The van der Waals surface area contributed by atoms with Crippen molar-refractivity contribution in [3.05, 3.63) is 67.3 Å². The summed E-state index contributed by atoms with van der Waals surface area (Å²) in [5, 5.41) is 20.6. The molecule has 3 amide bonds. The van der Waals surface area contributed by atoms with Gasteiger partial charge in [0.2, 0.25) is 5.75 Å². The number of nitrogens with zero attached hydrogens (tertiary/aromatic N) is 2. The molecule has 0 fully saturated rings. The summed E-state index contributed by atoms with van der Waals surface area (Å²) in [4.78, 5) is 59.6. The van der Waals surface area contributed by atoms with E-state index in [1.54, 1.807) is 32.9 Å². The Hall–Kier alpha value is -5.19. The smallest absolute Gasteiger partial charge is 0.344 e. The molecule has 1 aliphatic heterocycles. The Morgan fingerprint density at radius 2 is 1.82 bits per heavy atom. The number of hydrogen-bond acceptors (Lipinski definition) is 12. The molecule has 3 rings (SSSR count). The van der Waals surface area contributed by atoms with Crippen LogP contribution in [-0.2, 0) is 23.9 Å². The average molecular weight is 692 g/mol. The number of methoxy groups -OCH3 is 1. The minimum atomic E-state index is -0.826. The van der Waals surface area contributed by atoms with Gasteiger partial charge in [-0.25, -0.2) is 19.8 Å². The van der Waals surface area contributed by atoms with Gasteiger partial charge in [0.05, 0.1) is 47.5 Å². The van der Waals surface area contributed by atoms with E-state index in [2.05, 4.69) is 37.1 Å². The van der Waals surface area contributed by atoms with Crippen LogP contribution < -0.4 is 30.3 Å². The van der Waals surface area contributed by atoms with E-state index in [9.17, 15) is 29.3 Å². The molecule has 16 nitrogen and oxygen atoms in total. The summed E-state index contributed by atoms with van der Waals surface area (Å²) in [6, 6.07) is 5.94. The second kappa shape index (κ2) is 16.0. The van der Waals surface area contributed by atoms with Crippen LogP contribution >= 0.6 is 15.9 Å². The molecule has 0 saturated carbocycles. The van der Waals surface area contributed by atoms with Crippen molar-refractivity contribution in [2.45, 2.75) is 26.8 Å². The van der Waals surface area contributed by atoms with E-state index in [0.29, 0.717) is 11.3 Å². The molecule has 1 atom stereocenters. The lowest BCUT2D eigenvalue weighted by atomic mass is 9.95. The Morgan fingerprint density at radius 3 is 2.49 bits per heavy atom. The van der Waals surface area contributed by atoms with Crippen molar-refractivity contribution in [3.8, 4) is 17.2 Å². The Labute approximate surface area is 265 Å². The number of halogens is 1. The van der Waals surface area contributed by atoms with Crippen molar-refractivity contribution in [2.75, 3.05) is 33.5 Å². The number of hydrazone groups is 1. The Kier molecular flexibility index (Phi) is 12.2. The molecule has 1 aliphatic rings. The highest BCUT2D eigenvalue weighted by Gasteiger charge is 2.32. The standard InChI is InChI=1S/C28H30BrN5O11/c1-5-42-23(36)14-45-26-18(29)9-16(10-19(26)34(39)40)12-30-33-22(35)13-44-20-8-7-17(11-21(20)41-4)25-24(27(37)43-6-2)15(3)31-28(38)32-25/h7-12,25H,5-6,13-14H2,1-4H3,(H,33,35)(H2,31,32,38)/b30-12+/t25-/m1/s1. The minimum Gasteiger partial charge on any atom is -0.493 e. The molecule has 0 unspecified atom stereocenters. The van der Waals surface area contributed by atoms with Crippen molar-refractivity contribution in [1.82, 2.24) is 16.1 Å². The summed E-state index contributed by atoms with van der Waals surface area (Å²) in [7, 11) is 1.38. The predicted molar refractivity (Wildman–Crippen MR) is 161 cm³/mol. The number of amides is 3. The van der Waals surface area contributed by atoms with E-state index < -0.39 is 53.7 Å². The molecule has 240 valence electrons. The van der Waals surface area contributed by atoms with Gasteiger partial charge in [0, 0.05) is 17.3 Å². The van der Waals surface area contributed by atoms with Gasteiger partial charge < -0.3 is 34.3 Å². The molecule has 0 spiro atoms. The number of urea groups is 1. The molecule has 0 aliphatic carbocycles. The van der Waals surface area contributed by atoms with Crippen LogP contribution in [0.5, 0.6) is 17.2 Å². The first-order chi connectivity index (χ1) is 21.5. The van der Waals surface area contributed by atoms with E-state index in [1.165, 1.54) is 25.5 Å². The second-order valence-electron chi connectivity index (χ2n) is 8.98. The van der Waals surface area contributed by atoms with Gasteiger partial charge in [0.15, 0.2) is 24.7 Å². The molecule has 0 aromatic heterocycles. The number of carbonyl (C=O) groups excluding carboxylic acids is 4. The van der Waals surface area contributed by atoms with Crippen LogP contribution in [0.4, 0.5) is 10.5 Å². The van der Waals surface area contributed by atoms with E-state index in [0.717, 1.165) is 6.07 Å². The molecular formula is C28H30BrN5O11. The fourth-order valence-electron chi connectivity index (χ4n) is 4.05. The highest BCUT2D eigenvalue weighted by Crippen LogP contribution is 2.36. The maximum absolute atomic E-state index is 12.6. The summed E-state index contributed by atoms with van der Waals surface area (Å²) in [6.45, 7) is 4.16. The van der Waals surface area contributed by atoms with Crippen LogP contribution in [0.3, 0.4) is 0 Å². The number of nitrogens with one attached hydrogen (secondary N) is 3. The van der Waals surface area contributed by atoms with E-state index >= 15 is 0 Å². The maximum atomic E-state index is 12.6. The third kappa shape index (κ3) is 9.15. The molecular weight excluding hydrogens is 662 g/mol. The molecule has 0 bridgehead atoms. The summed E-state index contributed by atoms with van der Waals surface area (Å²) < 4.78 is 26.3. The molecule has 2 aromatic rings. The lowest BCUT2D eigenvalue weighted by molar-refractivity contribution is -0.385. The topological polar surface area (TPSA) is 206 Å². The number of carbonyl (C=O) groups is 4. The summed E-state index contributed by atoms with van der Waals surface area (Å²) in [6.07, 6.45) is 1.17. The van der Waals surface area contributed by atoms with Gasteiger partial charge in [-0.3, -0.25) is 14.9 Å². The number of nitro groups is 1. The fourth-order valence-corrected chi connectivity index (χ4v) is 4.63. The Balaban J connectivity index is 1.67. The maximum Gasteiger partial charge on any atom is 0.344 e. The lowest BCUT2D eigenvalue weighted by Gasteiger charge is -2.28. The van der Waals surface area contributed by atoms with Gasteiger partial charge >= 0.3 is 23.7 Å². The number of nitro benzene ring substituents is 1. The summed E-state index contributed by atoms with van der Waals surface area (Å²) >= 11 is 3.18. The SMILES string of the molecule is CCOC(=O)COc1c(Br)cc(/C=N/NC(=O)COc2ccc([C@H]3NC(=O)NC(C)=C3C(=O)OCC)cc2OC)cc1[N+](=O)[O-]. The Bertz CT molecular complexity index is 1540. The van der Waals surface area contributed by atoms with Gasteiger partial charge in [-0.15, -0.1) is 0 Å². The zero-order valence-corrected chi connectivity index (χ0v) is 26.2. The molecule has 0 saturated heterocycles. The van der Waals surface area contributed by atoms with Crippen molar-refractivity contribution in [3.63, 3.8) is 0 Å². The number of esters is 2. The van der Waals surface area contributed by atoms with E-state index in [4.69, 9.17) is 23.7 Å². The monoisotopic (exact) mass is 691 g/mol. The molecule has 2 aromatic carbocycles. The largest absolute Gasteiger partial charge is 0.493 e. The van der Waals surface area contributed by atoms with Gasteiger partial charge in [0.1, 0.15) is 0 Å². The number of allylic oxidation sites excluding steroid dienone is 1. The van der Waals surface area contributed by atoms with Crippen molar-refractivity contribution in [2.24, 2.45) is 5.10 Å². The third-order valence-electron chi connectivity index (χ3n) is 5.93. The average Bonchev–Trinajstić information content (AvgIpc) is 2.98. The quantitative estimate of drug-likeness (QED) is 0.114. The van der Waals surface area contributed by atoms with Crippen LogP contribution in [0, 0.1) is 10.1 Å². The molecule has 3 N–H and O–H groups in total. The van der Waals surface area contributed by atoms with Crippen LogP contribution in [-0.4, -0.2) is 68.6 Å². The highest BCUT2D eigenvalue weighted by atomic mass is 79.9. The molecule has 0 radical (unpaired) electrons. The zero-order chi connectivity index (χ0) is 33.1. The number of hydrogen-bond donors (Lipinski definition) is 3. The van der Waals surface area contributed by atoms with Crippen molar-refractivity contribution >= 4 is 51.7 Å². The highest BCUT2D eigenvalue weighted by molar-refractivity contribution is 9.10. The summed E-state index contributed by atoms with van der Waals surface area (Å²) in [5.74, 6) is -1.70. The zero-order valence-electron chi connectivity index (χ0n) is 24.6. The van der Waals surface area contributed by atoms with Gasteiger partial charge in [-0.05, 0) is 60.5 Å². The van der Waals surface area contributed by atoms with E-state index in [1.807, 2.05) is 0 Å². The Morgan fingerprint density at radius 1 is 1.09 bits per heavy atom. The van der Waals surface area contributed by atoms with E-state index in [-0.39, 0.29) is 46.1 Å². The van der Waals surface area contributed by atoms with Gasteiger partial charge in [-0.1, -0.05) is 6.07 Å². The fraction of sp³-hybridized carbons (Fsp3) is 0.321. The van der Waals surface area contributed by atoms with Gasteiger partial charge in [-0.2, -0.15) is 5.10 Å². The normalized spacial score (nSPS) is 14.2. The lowest BCUT2D eigenvalue weighted by Crippen LogP contribution is -2.45. The van der Waals surface area contributed by atoms with Crippen molar-refractivity contribution < 1.29 is 47.8 Å². The second-order valence-corrected chi connectivity index (χ2v) is 9.84. The van der Waals surface area contributed by atoms with Crippen LogP contribution in [0.15, 0.2) is 51.2 Å². The van der Waals surface area contributed by atoms with Crippen LogP contribution in [0.1, 0.15) is 37.9 Å². The minimum absolute atomic E-state index is 0.133. The number of benzene rings is 2. The molecule has 17 heteroatoms. The summed E-state index contributed by atoms with van der Waals surface area (Å²) in [5.41, 5.74) is 3.13. The first-order valence-corrected chi connectivity index (χ1v) is 14.1. The van der Waals surface area contributed by atoms with Gasteiger partial charge in [0.25, 0.3) is 5.91 Å². The van der Waals surface area contributed by atoms with Crippen LogP contribution in [0.2, 0.25) is 0 Å². The van der Waals surface area contributed by atoms with Crippen molar-refractivity contribution in [1.29, 1.82) is 0 Å². The number of rotatable bonds is 14. The molecule has 1 heterocycles. The first-order valence-electron chi connectivity index (χ1n) is 13.3. The third-order valence-corrected chi connectivity index (χ3v) is 6.52. The first kappa shape index (κ1) is 34.3. The van der Waals surface area contributed by atoms with Crippen LogP contribution in [0.25, 0.3) is 0 Å².